The summed E-state index contributed by atoms with van der Waals surface area (Å²) in [6.45, 7) is 2.26. The van der Waals surface area contributed by atoms with Gasteiger partial charge in [0.05, 0.1) is 20.1 Å². The molecule has 2 saturated heterocycles. The molecule has 3 aromatic carbocycles. The molecule has 3 amide bonds. The first-order valence-electron chi connectivity index (χ1n) is 17.8. The number of rotatable bonds is 10. The maximum atomic E-state index is 13.2. The van der Waals surface area contributed by atoms with E-state index in [0.717, 1.165) is 65.0 Å². The van der Waals surface area contributed by atoms with Gasteiger partial charge in [0, 0.05) is 84.4 Å². The lowest BCUT2D eigenvalue weighted by Gasteiger charge is -2.32. The maximum absolute atomic E-state index is 13.2. The summed E-state index contributed by atoms with van der Waals surface area (Å²) >= 11 is 6.81. The van der Waals surface area contributed by atoms with Gasteiger partial charge in [-0.3, -0.25) is 29.5 Å². The van der Waals surface area contributed by atoms with Crippen LogP contribution in [0.1, 0.15) is 65.0 Å². The van der Waals surface area contributed by atoms with Crippen molar-refractivity contribution in [3.05, 3.63) is 116 Å². The molecule has 268 valence electrons. The number of hydrogen-bond donors (Lipinski definition) is 2. The third-order valence-corrected chi connectivity index (χ3v) is 10.9. The van der Waals surface area contributed by atoms with Crippen LogP contribution in [0.4, 0.5) is 5.69 Å². The van der Waals surface area contributed by atoms with Crippen molar-refractivity contribution in [1.29, 1.82) is 0 Å². The van der Waals surface area contributed by atoms with Gasteiger partial charge in [0.25, 0.3) is 5.56 Å². The van der Waals surface area contributed by atoms with Crippen LogP contribution in [0.25, 0.3) is 11.1 Å². The van der Waals surface area contributed by atoms with Gasteiger partial charge in [0.2, 0.25) is 17.7 Å². The molecule has 0 aliphatic carbocycles. The molecule has 52 heavy (non-hydrogen) atoms. The number of methoxy groups -OCH3 is 1. The number of aryl methyl sites for hydroxylation is 1. The SMILES string of the molecule is COc1cc(-c2cn(C)c(=O)c3c2C=NC3)cc(Cl)c1CNc1ccc(CC(=O)N2CCC(c3ccc(CC4CCC(=O)NC4=O)cc3)CC2)cc1. The summed E-state index contributed by atoms with van der Waals surface area (Å²) in [6.07, 6.45) is 7.37. The number of aromatic nitrogens is 1. The number of halogens is 1. The van der Waals surface area contributed by atoms with Crippen molar-refractivity contribution in [2.75, 3.05) is 25.5 Å². The van der Waals surface area contributed by atoms with E-state index in [2.05, 4.69) is 39.9 Å². The summed E-state index contributed by atoms with van der Waals surface area (Å²) < 4.78 is 7.33. The number of nitrogens with one attached hydrogen (secondary N) is 2. The highest BCUT2D eigenvalue weighted by molar-refractivity contribution is 6.32. The summed E-state index contributed by atoms with van der Waals surface area (Å²) in [5.74, 6) is 0.649. The standard InChI is InChI=1S/C41H42ClN5O5/c1-46-24-35(32-21-43-22-33(32)41(46)51)30-19-36(42)34(37(20-30)52-2)23-44-31-10-5-26(6-11-31)18-39(49)47-15-13-28(14-16-47)27-7-3-25(4-8-27)17-29-9-12-38(48)45-40(29)50/h3-8,10-11,19-21,24,28-29,44H,9,12-18,22-23H2,1-2H3,(H,45,48,50). The van der Waals surface area contributed by atoms with E-state index in [1.165, 1.54) is 5.56 Å². The normalized spacial score (nSPS) is 17.2. The summed E-state index contributed by atoms with van der Waals surface area (Å²) in [5.41, 5.74) is 8.21. The Hall–Kier alpha value is -5.22. The van der Waals surface area contributed by atoms with Gasteiger partial charge in [-0.05, 0) is 78.1 Å². The number of carbonyl (C=O) groups is 3. The summed E-state index contributed by atoms with van der Waals surface area (Å²) in [7, 11) is 3.36. The third kappa shape index (κ3) is 7.53. The second-order valence-electron chi connectivity index (χ2n) is 13.9. The predicted octanol–water partition coefficient (Wildman–Crippen LogP) is 5.80. The topological polar surface area (TPSA) is 122 Å². The van der Waals surface area contributed by atoms with Crippen molar-refractivity contribution in [2.45, 2.75) is 57.5 Å². The largest absolute Gasteiger partial charge is 0.496 e. The number of pyridine rings is 1. The molecule has 0 radical (unpaired) electrons. The van der Waals surface area contributed by atoms with E-state index >= 15 is 0 Å². The van der Waals surface area contributed by atoms with Gasteiger partial charge in [0.15, 0.2) is 0 Å². The monoisotopic (exact) mass is 719 g/mol. The molecule has 0 bridgehead atoms. The first-order chi connectivity index (χ1) is 25.2. The second kappa shape index (κ2) is 15.2. The Morgan fingerprint density at radius 1 is 1.00 bits per heavy atom. The van der Waals surface area contributed by atoms with Gasteiger partial charge in [-0.2, -0.15) is 0 Å². The molecule has 2 fully saturated rings. The quantitative estimate of drug-likeness (QED) is 0.200. The van der Waals surface area contributed by atoms with Crippen molar-refractivity contribution in [1.82, 2.24) is 14.8 Å². The Balaban J connectivity index is 0.907. The van der Waals surface area contributed by atoms with Crippen molar-refractivity contribution in [3.63, 3.8) is 0 Å². The molecule has 1 unspecified atom stereocenters. The number of carbonyl (C=O) groups excluding carboxylic acids is 3. The van der Waals surface area contributed by atoms with Crippen LogP contribution in [0.5, 0.6) is 5.75 Å². The van der Waals surface area contributed by atoms with Gasteiger partial charge in [-0.25, -0.2) is 0 Å². The van der Waals surface area contributed by atoms with Gasteiger partial charge >= 0.3 is 0 Å². The highest BCUT2D eigenvalue weighted by atomic mass is 35.5. The number of nitrogens with zero attached hydrogens (tertiary/aromatic N) is 3. The Bertz CT molecular complexity index is 2100. The number of benzene rings is 3. The molecule has 11 heteroatoms. The number of amides is 3. The van der Waals surface area contributed by atoms with Gasteiger partial charge in [0.1, 0.15) is 5.75 Å². The van der Waals surface area contributed by atoms with E-state index in [0.29, 0.717) is 61.0 Å². The first-order valence-corrected chi connectivity index (χ1v) is 18.2. The van der Waals surface area contributed by atoms with Gasteiger partial charge in [-0.1, -0.05) is 48.0 Å². The van der Waals surface area contributed by atoms with Gasteiger partial charge in [-0.15, -0.1) is 0 Å². The first kappa shape index (κ1) is 35.2. The molecule has 1 aromatic heterocycles. The number of fused-ring (bicyclic) bond motifs is 1. The number of anilines is 1. The summed E-state index contributed by atoms with van der Waals surface area (Å²) in [4.78, 5) is 55.7. The molecule has 7 rings (SSSR count). The van der Waals surface area contributed by atoms with Crippen LogP contribution in [-0.4, -0.2) is 53.6 Å². The molecule has 2 N–H and O–H groups in total. The Morgan fingerprint density at radius 2 is 1.73 bits per heavy atom. The van der Waals surface area contributed by atoms with E-state index in [-0.39, 0.29) is 29.2 Å². The molecule has 10 nitrogen and oxygen atoms in total. The molecular weight excluding hydrogens is 678 g/mol. The third-order valence-electron chi connectivity index (χ3n) is 10.6. The molecule has 1 atom stereocenters. The molecule has 0 spiro atoms. The lowest BCUT2D eigenvalue weighted by Crippen LogP contribution is -2.41. The van der Waals surface area contributed by atoms with E-state index < -0.39 is 0 Å². The average molecular weight is 720 g/mol. The molecule has 3 aliphatic rings. The highest BCUT2D eigenvalue weighted by Gasteiger charge is 2.28. The molecule has 0 saturated carbocycles. The Kier molecular flexibility index (Phi) is 10.3. The lowest BCUT2D eigenvalue weighted by atomic mass is 9.87. The number of imide groups is 1. The van der Waals surface area contributed by atoms with Crippen LogP contribution in [0.3, 0.4) is 0 Å². The number of hydrogen-bond acceptors (Lipinski definition) is 7. The zero-order chi connectivity index (χ0) is 36.4. The zero-order valence-electron chi connectivity index (χ0n) is 29.4. The van der Waals surface area contributed by atoms with Crippen molar-refractivity contribution in [2.24, 2.45) is 18.0 Å². The van der Waals surface area contributed by atoms with Crippen molar-refractivity contribution in [3.8, 4) is 16.9 Å². The van der Waals surface area contributed by atoms with Crippen LogP contribution in [0, 0.1) is 5.92 Å². The summed E-state index contributed by atoms with van der Waals surface area (Å²) in [6, 6.07) is 20.2. The average Bonchev–Trinajstić information content (AvgIpc) is 3.65. The number of likely N-dealkylation sites (tertiary alicyclic amines) is 1. The second-order valence-corrected chi connectivity index (χ2v) is 14.3. The molecule has 3 aliphatic heterocycles. The minimum absolute atomic E-state index is 0.0454. The van der Waals surface area contributed by atoms with Crippen molar-refractivity contribution >= 4 is 41.2 Å². The fraction of sp³-hybridized carbons (Fsp3) is 0.341. The minimum atomic E-state index is -0.185. The molecule has 4 heterocycles. The number of aliphatic imine (C=N–C) groups is 1. The van der Waals surface area contributed by atoms with E-state index in [1.54, 1.807) is 24.9 Å². The van der Waals surface area contributed by atoms with Crippen LogP contribution in [0.2, 0.25) is 5.02 Å². The lowest BCUT2D eigenvalue weighted by molar-refractivity contribution is -0.136. The number of piperidine rings is 2. The van der Waals surface area contributed by atoms with Crippen LogP contribution in [0.15, 0.2) is 76.6 Å². The highest BCUT2D eigenvalue weighted by Crippen LogP contribution is 2.36. The summed E-state index contributed by atoms with van der Waals surface area (Å²) in [5, 5.41) is 6.42. The van der Waals surface area contributed by atoms with Crippen LogP contribution < -0.4 is 20.9 Å². The van der Waals surface area contributed by atoms with Crippen LogP contribution >= 0.6 is 11.6 Å². The fourth-order valence-electron chi connectivity index (χ4n) is 7.51. The Morgan fingerprint density at radius 3 is 2.44 bits per heavy atom. The molecular formula is C41H42ClN5O5. The van der Waals surface area contributed by atoms with Crippen molar-refractivity contribution < 1.29 is 19.1 Å². The molecule has 4 aromatic rings. The van der Waals surface area contributed by atoms with Crippen LogP contribution in [-0.2, 0) is 47.4 Å². The smallest absolute Gasteiger partial charge is 0.256 e. The fourth-order valence-corrected chi connectivity index (χ4v) is 7.79. The predicted molar refractivity (Wildman–Crippen MR) is 202 cm³/mol. The zero-order valence-corrected chi connectivity index (χ0v) is 30.2. The Labute approximate surface area is 307 Å². The van der Waals surface area contributed by atoms with Gasteiger partial charge < -0.3 is 19.5 Å². The van der Waals surface area contributed by atoms with E-state index in [9.17, 15) is 19.2 Å². The maximum Gasteiger partial charge on any atom is 0.256 e. The minimum Gasteiger partial charge on any atom is -0.496 e. The van der Waals surface area contributed by atoms with E-state index in [4.69, 9.17) is 16.3 Å². The van der Waals surface area contributed by atoms with E-state index in [1.807, 2.05) is 47.5 Å². The number of ether oxygens (including phenoxy) is 1.